The molecule has 3 rings (SSSR count). The van der Waals surface area contributed by atoms with Gasteiger partial charge in [0.1, 0.15) is 19.0 Å². The summed E-state index contributed by atoms with van der Waals surface area (Å²) in [6.45, 7) is 6.56. The van der Waals surface area contributed by atoms with Crippen LogP contribution in [0.1, 0.15) is 43.4 Å². The molecule has 26 heavy (non-hydrogen) atoms. The number of ether oxygens (including phenoxy) is 1. The van der Waals surface area contributed by atoms with Gasteiger partial charge in [-0.05, 0) is 19.8 Å². The van der Waals surface area contributed by atoms with Gasteiger partial charge < -0.3 is 19.9 Å². The van der Waals surface area contributed by atoms with E-state index >= 15 is 0 Å². The van der Waals surface area contributed by atoms with Crippen LogP contribution < -0.4 is 10.6 Å². The smallest absolute Gasteiger partial charge is 0.191 e. The SMILES string of the molecule is CCNC(=NCc1cc(CC)no1)NC1CCc2nc(COC)nn2C1. The third-order valence-corrected chi connectivity index (χ3v) is 4.22. The summed E-state index contributed by atoms with van der Waals surface area (Å²) in [6.07, 6.45) is 2.73. The van der Waals surface area contributed by atoms with Crippen molar-refractivity contribution in [1.29, 1.82) is 0 Å². The second-order valence-corrected chi connectivity index (χ2v) is 6.27. The first-order chi connectivity index (χ1) is 12.7. The van der Waals surface area contributed by atoms with Crippen molar-refractivity contribution in [2.75, 3.05) is 13.7 Å². The van der Waals surface area contributed by atoms with Crippen LogP contribution in [-0.2, 0) is 37.3 Å². The van der Waals surface area contributed by atoms with Gasteiger partial charge in [0.05, 0.1) is 12.2 Å². The molecule has 1 atom stereocenters. The van der Waals surface area contributed by atoms with E-state index in [2.05, 4.69) is 37.8 Å². The minimum atomic E-state index is 0.248. The molecule has 2 aromatic rings. The molecule has 9 nitrogen and oxygen atoms in total. The van der Waals surface area contributed by atoms with Crippen molar-refractivity contribution in [3.8, 4) is 0 Å². The molecule has 142 valence electrons. The van der Waals surface area contributed by atoms with Crippen molar-refractivity contribution in [2.45, 2.75) is 58.8 Å². The number of hydrogen-bond acceptors (Lipinski definition) is 6. The molecule has 0 spiro atoms. The van der Waals surface area contributed by atoms with Gasteiger partial charge in [-0.15, -0.1) is 0 Å². The Morgan fingerprint density at radius 1 is 1.46 bits per heavy atom. The average Bonchev–Trinajstić information content (AvgIpc) is 3.26. The quantitative estimate of drug-likeness (QED) is 0.561. The highest BCUT2D eigenvalue weighted by Crippen LogP contribution is 2.13. The minimum absolute atomic E-state index is 0.248. The fraction of sp³-hybridized carbons (Fsp3) is 0.647. The van der Waals surface area contributed by atoms with E-state index in [-0.39, 0.29) is 6.04 Å². The molecular weight excluding hydrogens is 334 g/mol. The predicted molar refractivity (Wildman–Crippen MR) is 96.7 cm³/mol. The Kier molecular flexibility index (Phi) is 6.21. The van der Waals surface area contributed by atoms with Gasteiger partial charge in [-0.3, -0.25) is 0 Å². The number of aryl methyl sites for hydroxylation is 2. The number of aliphatic imine (C=N–C) groups is 1. The first-order valence-electron chi connectivity index (χ1n) is 9.12. The third kappa shape index (κ3) is 4.60. The zero-order valence-electron chi connectivity index (χ0n) is 15.7. The number of aromatic nitrogens is 4. The Balaban J connectivity index is 1.61. The maximum Gasteiger partial charge on any atom is 0.191 e. The van der Waals surface area contributed by atoms with Crippen molar-refractivity contribution in [2.24, 2.45) is 4.99 Å². The zero-order chi connectivity index (χ0) is 18.4. The van der Waals surface area contributed by atoms with E-state index in [9.17, 15) is 0 Å². The molecule has 0 aliphatic carbocycles. The largest absolute Gasteiger partial charge is 0.377 e. The van der Waals surface area contributed by atoms with Crippen LogP contribution in [0.3, 0.4) is 0 Å². The Hall–Kier alpha value is -2.42. The molecule has 0 saturated heterocycles. The molecule has 0 aromatic carbocycles. The van der Waals surface area contributed by atoms with E-state index in [4.69, 9.17) is 9.26 Å². The van der Waals surface area contributed by atoms with E-state index in [1.54, 1.807) is 7.11 Å². The van der Waals surface area contributed by atoms with E-state index in [1.165, 1.54) is 0 Å². The fourth-order valence-corrected chi connectivity index (χ4v) is 2.94. The van der Waals surface area contributed by atoms with Crippen LogP contribution in [0.4, 0.5) is 0 Å². The molecule has 2 aromatic heterocycles. The van der Waals surface area contributed by atoms with Crippen molar-refractivity contribution >= 4 is 5.96 Å². The lowest BCUT2D eigenvalue weighted by Gasteiger charge is -2.25. The van der Waals surface area contributed by atoms with Gasteiger partial charge in [0.25, 0.3) is 0 Å². The first-order valence-corrected chi connectivity index (χ1v) is 9.12. The van der Waals surface area contributed by atoms with E-state index in [1.807, 2.05) is 17.7 Å². The lowest BCUT2D eigenvalue weighted by atomic mass is 10.1. The highest BCUT2D eigenvalue weighted by molar-refractivity contribution is 5.80. The molecule has 1 aliphatic rings. The Labute approximate surface area is 153 Å². The topological polar surface area (TPSA) is 102 Å². The lowest BCUT2D eigenvalue weighted by Crippen LogP contribution is -2.47. The molecule has 3 heterocycles. The molecule has 0 amide bonds. The summed E-state index contributed by atoms with van der Waals surface area (Å²) in [6, 6.07) is 2.20. The number of guanidine groups is 1. The Bertz CT molecular complexity index is 737. The van der Waals surface area contributed by atoms with Crippen LogP contribution >= 0.6 is 0 Å². The van der Waals surface area contributed by atoms with Crippen molar-refractivity contribution in [1.82, 2.24) is 30.6 Å². The molecular formula is C17H27N7O2. The third-order valence-electron chi connectivity index (χ3n) is 4.22. The van der Waals surface area contributed by atoms with Crippen LogP contribution in [0.5, 0.6) is 0 Å². The second kappa shape index (κ2) is 8.79. The van der Waals surface area contributed by atoms with Gasteiger partial charge in [0, 0.05) is 32.2 Å². The van der Waals surface area contributed by atoms with Crippen LogP contribution in [0, 0.1) is 0 Å². The second-order valence-electron chi connectivity index (χ2n) is 6.27. The van der Waals surface area contributed by atoms with Gasteiger partial charge in [0.2, 0.25) is 0 Å². The molecule has 9 heteroatoms. The van der Waals surface area contributed by atoms with Crippen LogP contribution in [0.2, 0.25) is 0 Å². The summed E-state index contributed by atoms with van der Waals surface area (Å²) in [5.74, 6) is 3.30. The van der Waals surface area contributed by atoms with Gasteiger partial charge in [-0.25, -0.2) is 14.7 Å². The normalized spacial score (nSPS) is 17.2. The Morgan fingerprint density at radius 3 is 3.08 bits per heavy atom. The van der Waals surface area contributed by atoms with Gasteiger partial charge in [-0.1, -0.05) is 12.1 Å². The van der Waals surface area contributed by atoms with E-state index < -0.39 is 0 Å². The average molecular weight is 361 g/mol. The van der Waals surface area contributed by atoms with Crippen LogP contribution in [0.15, 0.2) is 15.6 Å². The number of nitrogens with zero attached hydrogens (tertiary/aromatic N) is 5. The first kappa shape index (κ1) is 18.4. The molecule has 0 saturated carbocycles. The van der Waals surface area contributed by atoms with Gasteiger partial charge >= 0.3 is 0 Å². The molecule has 0 bridgehead atoms. The summed E-state index contributed by atoms with van der Waals surface area (Å²) in [4.78, 5) is 9.12. The molecule has 0 fully saturated rings. The number of nitrogens with one attached hydrogen (secondary N) is 2. The highest BCUT2D eigenvalue weighted by atomic mass is 16.5. The standard InChI is InChI=1S/C17H27N7O2/c1-4-12-8-14(26-23-12)9-19-17(18-5-2)20-13-6-7-16-21-15(11-25-3)22-24(16)10-13/h8,13H,4-7,9-11H2,1-3H3,(H2,18,19,20). The molecule has 1 aliphatic heterocycles. The van der Waals surface area contributed by atoms with E-state index in [0.717, 1.165) is 61.4 Å². The maximum atomic E-state index is 5.30. The minimum Gasteiger partial charge on any atom is -0.377 e. The zero-order valence-corrected chi connectivity index (χ0v) is 15.7. The summed E-state index contributed by atoms with van der Waals surface area (Å²) >= 11 is 0. The summed E-state index contributed by atoms with van der Waals surface area (Å²) in [5.41, 5.74) is 0.950. The molecule has 1 unspecified atom stereocenters. The Morgan fingerprint density at radius 2 is 2.35 bits per heavy atom. The van der Waals surface area contributed by atoms with Crippen molar-refractivity contribution < 1.29 is 9.26 Å². The molecule has 0 radical (unpaired) electrons. The number of hydrogen-bond donors (Lipinski definition) is 2. The van der Waals surface area contributed by atoms with E-state index in [0.29, 0.717) is 13.2 Å². The van der Waals surface area contributed by atoms with Crippen molar-refractivity contribution in [3.63, 3.8) is 0 Å². The monoisotopic (exact) mass is 361 g/mol. The highest BCUT2D eigenvalue weighted by Gasteiger charge is 2.22. The number of rotatable bonds is 7. The van der Waals surface area contributed by atoms with Crippen molar-refractivity contribution in [3.05, 3.63) is 29.2 Å². The fourth-order valence-electron chi connectivity index (χ4n) is 2.94. The number of methoxy groups -OCH3 is 1. The van der Waals surface area contributed by atoms with Gasteiger partial charge in [0.15, 0.2) is 17.5 Å². The summed E-state index contributed by atoms with van der Waals surface area (Å²) in [5, 5.41) is 15.3. The number of fused-ring (bicyclic) bond motifs is 1. The maximum absolute atomic E-state index is 5.30. The molecule has 2 N–H and O–H groups in total. The lowest BCUT2D eigenvalue weighted by molar-refractivity contribution is 0.177. The van der Waals surface area contributed by atoms with Crippen LogP contribution in [-0.4, -0.2) is 45.6 Å². The van der Waals surface area contributed by atoms with Crippen LogP contribution in [0.25, 0.3) is 0 Å². The predicted octanol–water partition coefficient (Wildman–Crippen LogP) is 1.05. The van der Waals surface area contributed by atoms with Gasteiger partial charge in [-0.2, -0.15) is 5.10 Å². The summed E-state index contributed by atoms with van der Waals surface area (Å²) in [7, 11) is 1.65. The summed E-state index contributed by atoms with van der Waals surface area (Å²) < 4.78 is 12.4.